The molecule has 0 aliphatic carbocycles. The van der Waals surface area contributed by atoms with E-state index in [2.05, 4.69) is 14.7 Å². The van der Waals surface area contributed by atoms with Crippen LogP contribution in [0.4, 0.5) is 5.69 Å². The van der Waals surface area contributed by atoms with Crippen LogP contribution in [0.25, 0.3) is 11.0 Å². The summed E-state index contributed by atoms with van der Waals surface area (Å²) in [4.78, 5) is 17.6. The second-order valence-electron chi connectivity index (χ2n) is 7.61. The van der Waals surface area contributed by atoms with Crippen LogP contribution in [0.2, 0.25) is 0 Å². The standard InChI is InChI=1S/C21H22N4O5S/c1-12(2)9-11-25-20-13(6-5-10-22-20)18(26)16(21(25)27)19-23-17-14(30-3)7-4-8-15(17)31(28,29)24-19/h4-8,10,12,26H,9,11H2,1-3H3,(H,23,24). The fourth-order valence-electron chi connectivity index (χ4n) is 3.51. The Hall–Kier alpha value is -3.40. The first-order valence-electron chi connectivity index (χ1n) is 9.74. The van der Waals surface area contributed by atoms with Crippen LogP contribution in [0, 0.1) is 5.92 Å². The number of fused-ring (bicyclic) bond motifs is 2. The molecule has 3 heterocycles. The van der Waals surface area contributed by atoms with Gasteiger partial charge in [0, 0.05) is 12.7 Å². The predicted molar refractivity (Wildman–Crippen MR) is 117 cm³/mol. The van der Waals surface area contributed by atoms with Gasteiger partial charge in [-0.25, -0.2) is 4.98 Å². The molecule has 0 radical (unpaired) electrons. The number of para-hydroxylation sites is 1. The number of aryl methyl sites for hydroxylation is 1. The van der Waals surface area contributed by atoms with E-state index in [4.69, 9.17) is 4.74 Å². The van der Waals surface area contributed by atoms with E-state index in [9.17, 15) is 18.3 Å². The summed E-state index contributed by atoms with van der Waals surface area (Å²) in [6, 6.07) is 7.78. The number of rotatable bonds is 5. The van der Waals surface area contributed by atoms with Gasteiger partial charge in [0.05, 0.1) is 12.5 Å². The first kappa shape index (κ1) is 20.9. The lowest BCUT2D eigenvalue weighted by molar-refractivity contribution is 0.415. The topological polar surface area (TPSA) is 123 Å². The summed E-state index contributed by atoms with van der Waals surface area (Å²) in [5.41, 5.74) is -0.325. The third-order valence-electron chi connectivity index (χ3n) is 5.10. The number of aromatic nitrogens is 2. The summed E-state index contributed by atoms with van der Waals surface area (Å²) < 4.78 is 36.2. The predicted octanol–water partition coefficient (Wildman–Crippen LogP) is 2.72. The number of benzene rings is 1. The van der Waals surface area contributed by atoms with Crippen LogP contribution in [0.1, 0.15) is 25.8 Å². The van der Waals surface area contributed by atoms with Crippen LogP contribution in [0.15, 0.2) is 50.6 Å². The van der Waals surface area contributed by atoms with E-state index in [-0.39, 0.29) is 33.5 Å². The van der Waals surface area contributed by atoms with E-state index < -0.39 is 15.6 Å². The molecule has 0 amide bonds. The molecule has 0 spiro atoms. The highest BCUT2D eigenvalue weighted by atomic mass is 32.2. The van der Waals surface area contributed by atoms with Crippen molar-refractivity contribution in [3.63, 3.8) is 0 Å². The van der Waals surface area contributed by atoms with Crippen molar-refractivity contribution in [3.8, 4) is 11.5 Å². The number of methoxy groups -OCH3 is 1. The van der Waals surface area contributed by atoms with Crippen molar-refractivity contribution in [2.24, 2.45) is 10.3 Å². The Kier molecular flexibility index (Phi) is 5.18. The van der Waals surface area contributed by atoms with Gasteiger partial charge in [-0.2, -0.15) is 8.42 Å². The number of aromatic hydroxyl groups is 1. The van der Waals surface area contributed by atoms with Crippen molar-refractivity contribution >= 4 is 32.6 Å². The second kappa shape index (κ2) is 7.69. The van der Waals surface area contributed by atoms with Gasteiger partial charge in [-0.3, -0.25) is 9.36 Å². The van der Waals surface area contributed by atoms with E-state index in [1.807, 2.05) is 13.8 Å². The van der Waals surface area contributed by atoms with Crippen molar-refractivity contribution in [3.05, 3.63) is 52.4 Å². The molecular weight excluding hydrogens is 420 g/mol. The van der Waals surface area contributed by atoms with E-state index in [1.54, 1.807) is 18.2 Å². The molecule has 2 aromatic heterocycles. The van der Waals surface area contributed by atoms with Crippen LogP contribution in [0.5, 0.6) is 11.5 Å². The fraction of sp³-hybridized carbons (Fsp3) is 0.286. The van der Waals surface area contributed by atoms with E-state index >= 15 is 0 Å². The molecule has 0 saturated heterocycles. The molecule has 4 rings (SSSR count). The molecule has 0 bridgehead atoms. The smallest absolute Gasteiger partial charge is 0.286 e. The van der Waals surface area contributed by atoms with Gasteiger partial charge in [0.2, 0.25) is 0 Å². The average Bonchev–Trinajstić information content (AvgIpc) is 2.73. The lowest BCUT2D eigenvalue weighted by Gasteiger charge is -2.22. The minimum atomic E-state index is -4.13. The maximum Gasteiger partial charge on any atom is 0.286 e. The Morgan fingerprint density at radius 1 is 1.23 bits per heavy atom. The van der Waals surface area contributed by atoms with Gasteiger partial charge < -0.3 is 15.2 Å². The molecule has 0 saturated carbocycles. The summed E-state index contributed by atoms with van der Waals surface area (Å²) >= 11 is 0. The van der Waals surface area contributed by atoms with Gasteiger partial charge in [0.1, 0.15) is 33.3 Å². The third-order valence-corrected chi connectivity index (χ3v) is 6.42. The van der Waals surface area contributed by atoms with Crippen LogP contribution in [0.3, 0.4) is 0 Å². The molecule has 162 valence electrons. The van der Waals surface area contributed by atoms with Crippen LogP contribution in [-0.4, -0.2) is 36.0 Å². The highest BCUT2D eigenvalue weighted by molar-refractivity contribution is 7.90. The first-order chi connectivity index (χ1) is 14.7. The zero-order valence-electron chi connectivity index (χ0n) is 17.3. The van der Waals surface area contributed by atoms with E-state index in [0.29, 0.717) is 29.9 Å². The number of hydrogen-bond donors (Lipinski definition) is 2. The number of anilines is 1. The van der Waals surface area contributed by atoms with Crippen molar-refractivity contribution in [2.75, 3.05) is 12.4 Å². The van der Waals surface area contributed by atoms with Gasteiger partial charge >= 0.3 is 0 Å². The van der Waals surface area contributed by atoms with Crippen molar-refractivity contribution in [1.29, 1.82) is 0 Å². The molecule has 0 fully saturated rings. The van der Waals surface area contributed by atoms with Gasteiger partial charge in [0.25, 0.3) is 15.6 Å². The number of nitrogens with zero attached hydrogens (tertiary/aromatic N) is 3. The summed E-state index contributed by atoms with van der Waals surface area (Å²) in [5.74, 6) is -0.0441. The van der Waals surface area contributed by atoms with E-state index in [0.717, 1.165) is 0 Å². The van der Waals surface area contributed by atoms with Crippen molar-refractivity contribution in [2.45, 2.75) is 31.7 Å². The number of amidine groups is 1. The molecule has 0 atom stereocenters. The van der Waals surface area contributed by atoms with Crippen LogP contribution >= 0.6 is 0 Å². The van der Waals surface area contributed by atoms with Gasteiger partial charge in [-0.05, 0) is 36.6 Å². The second-order valence-corrected chi connectivity index (χ2v) is 9.18. The fourth-order valence-corrected chi connectivity index (χ4v) is 4.65. The van der Waals surface area contributed by atoms with Gasteiger partial charge in [0.15, 0.2) is 5.84 Å². The Bertz CT molecular complexity index is 1380. The number of nitrogens with one attached hydrogen (secondary N) is 1. The zero-order chi connectivity index (χ0) is 22.3. The summed E-state index contributed by atoms with van der Waals surface area (Å²) in [5, 5.41) is 14.1. The molecule has 10 heteroatoms. The molecule has 1 aliphatic rings. The molecule has 3 aromatic rings. The first-order valence-corrected chi connectivity index (χ1v) is 11.2. The third kappa shape index (κ3) is 3.52. The van der Waals surface area contributed by atoms with Gasteiger partial charge in [-0.1, -0.05) is 19.9 Å². The molecule has 1 aliphatic heterocycles. The maximum absolute atomic E-state index is 13.4. The highest BCUT2D eigenvalue weighted by Gasteiger charge is 2.31. The average molecular weight is 442 g/mol. The maximum atomic E-state index is 13.4. The summed E-state index contributed by atoms with van der Waals surface area (Å²) in [6.45, 7) is 4.42. The largest absolute Gasteiger partial charge is 0.506 e. The lowest BCUT2D eigenvalue weighted by atomic mass is 10.1. The number of pyridine rings is 2. The van der Waals surface area contributed by atoms with Gasteiger partial charge in [-0.15, -0.1) is 4.40 Å². The molecule has 31 heavy (non-hydrogen) atoms. The quantitative estimate of drug-likeness (QED) is 0.623. The SMILES string of the molecule is COc1cccc2c1NC(c1c(O)c3cccnc3n(CCC(C)C)c1=O)=NS2(=O)=O. The Balaban J connectivity index is 1.99. The van der Waals surface area contributed by atoms with Crippen molar-refractivity contribution < 1.29 is 18.3 Å². The Morgan fingerprint density at radius 2 is 2.00 bits per heavy atom. The molecule has 1 aromatic carbocycles. The van der Waals surface area contributed by atoms with Crippen molar-refractivity contribution in [1.82, 2.24) is 9.55 Å². The normalized spacial score (nSPS) is 14.8. The Labute approximate surface area is 179 Å². The molecule has 0 unspecified atom stereocenters. The number of ether oxygens (including phenoxy) is 1. The number of hydrogen-bond acceptors (Lipinski definition) is 7. The van der Waals surface area contributed by atoms with Crippen LogP contribution in [-0.2, 0) is 16.6 Å². The molecule has 2 N–H and O–H groups in total. The zero-order valence-corrected chi connectivity index (χ0v) is 18.1. The molecule has 9 nitrogen and oxygen atoms in total. The monoisotopic (exact) mass is 442 g/mol. The summed E-state index contributed by atoms with van der Waals surface area (Å²) in [7, 11) is -2.72. The molecular formula is C21H22N4O5S. The minimum absolute atomic E-state index is 0.0716. The van der Waals surface area contributed by atoms with Crippen LogP contribution < -0.4 is 15.6 Å². The highest BCUT2D eigenvalue weighted by Crippen LogP contribution is 2.37. The summed E-state index contributed by atoms with van der Waals surface area (Å²) in [6.07, 6.45) is 2.24. The number of sulfonamides is 1. The Morgan fingerprint density at radius 3 is 2.71 bits per heavy atom. The lowest BCUT2D eigenvalue weighted by Crippen LogP contribution is -2.33. The van der Waals surface area contributed by atoms with E-state index in [1.165, 1.54) is 30.0 Å². The minimum Gasteiger partial charge on any atom is -0.506 e.